The molecule has 0 N–H and O–H groups in total. The maximum atomic E-state index is 12.8. The van der Waals surface area contributed by atoms with Crippen LogP contribution in [0.4, 0.5) is 0 Å². The van der Waals surface area contributed by atoms with Gasteiger partial charge < -0.3 is 9.64 Å². The van der Waals surface area contributed by atoms with Crippen molar-refractivity contribution < 1.29 is 22.7 Å². The first kappa shape index (κ1) is 20.6. The minimum absolute atomic E-state index is 0.00910. The van der Waals surface area contributed by atoms with Crippen molar-refractivity contribution in [1.29, 1.82) is 0 Å². The Bertz CT molecular complexity index is 875. The van der Waals surface area contributed by atoms with E-state index in [0.717, 1.165) is 11.8 Å². The fourth-order valence-electron chi connectivity index (χ4n) is 4.24. The zero-order valence-electron chi connectivity index (χ0n) is 16.5. The van der Waals surface area contributed by atoms with Crippen LogP contribution in [0.2, 0.25) is 0 Å². The van der Waals surface area contributed by atoms with Crippen molar-refractivity contribution in [2.24, 2.45) is 23.7 Å². The third-order valence-electron chi connectivity index (χ3n) is 5.72. The topological polar surface area (TPSA) is 80.8 Å². The maximum Gasteiger partial charge on any atom is 0.309 e. The second-order valence-electron chi connectivity index (χ2n) is 7.74. The number of allylic oxidation sites excluding steroid dienone is 1. The molecular weight excluding hydrogens is 378 g/mol. The summed E-state index contributed by atoms with van der Waals surface area (Å²) in [5.74, 6) is -0.0661. The molecule has 0 aromatic heterocycles. The Kier molecular flexibility index (Phi) is 5.93. The average molecular weight is 406 g/mol. The summed E-state index contributed by atoms with van der Waals surface area (Å²) in [5.41, 5.74) is 0.776. The van der Waals surface area contributed by atoms with Gasteiger partial charge in [0.25, 0.3) is 0 Å². The molecule has 0 unspecified atom stereocenters. The van der Waals surface area contributed by atoms with Crippen molar-refractivity contribution in [2.75, 3.05) is 26.0 Å². The number of amides is 1. The van der Waals surface area contributed by atoms with Crippen molar-refractivity contribution in [1.82, 2.24) is 4.90 Å². The highest BCUT2D eigenvalue weighted by atomic mass is 32.2. The van der Waals surface area contributed by atoms with E-state index in [1.165, 1.54) is 12.1 Å². The van der Waals surface area contributed by atoms with Crippen LogP contribution in [-0.2, 0) is 30.6 Å². The smallest absolute Gasteiger partial charge is 0.309 e. The van der Waals surface area contributed by atoms with Gasteiger partial charge in [-0.15, -0.1) is 0 Å². The molecule has 4 atom stereocenters. The van der Waals surface area contributed by atoms with E-state index in [0.29, 0.717) is 19.7 Å². The predicted octanol–water partition coefficient (Wildman–Crippen LogP) is 2.09. The molecule has 1 aliphatic heterocycles. The van der Waals surface area contributed by atoms with Crippen LogP contribution < -0.4 is 0 Å². The number of nitrogens with zero attached hydrogens (tertiary/aromatic N) is 1. The van der Waals surface area contributed by atoms with Crippen LogP contribution in [0.1, 0.15) is 19.4 Å². The van der Waals surface area contributed by atoms with Crippen LogP contribution in [0.25, 0.3) is 0 Å². The molecule has 3 rings (SSSR count). The minimum atomic E-state index is -3.25. The highest BCUT2D eigenvalue weighted by molar-refractivity contribution is 7.90. The molecule has 7 heteroatoms. The number of sulfone groups is 1. The first-order valence-electron chi connectivity index (χ1n) is 9.62. The van der Waals surface area contributed by atoms with Crippen molar-refractivity contribution in [3.8, 4) is 0 Å². The normalized spacial score (nSPS) is 26.8. The molecule has 1 aromatic rings. The summed E-state index contributed by atoms with van der Waals surface area (Å²) in [5, 5.41) is 0. The van der Waals surface area contributed by atoms with Gasteiger partial charge >= 0.3 is 5.97 Å². The molecule has 0 saturated carbocycles. The van der Waals surface area contributed by atoms with E-state index in [1.54, 1.807) is 19.1 Å². The van der Waals surface area contributed by atoms with Crippen LogP contribution in [0.15, 0.2) is 41.3 Å². The Morgan fingerprint density at radius 3 is 2.43 bits per heavy atom. The standard InChI is InChI=1S/C21H27NO5S/c1-4-27-21(24)20-14(2)5-8-16-12-22(13-18(16)20)19(23)11-15-6-9-17(10-7-15)28(3,25)26/h5-10,14,16,18,20H,4,11-13H2,1-3H3/t14-,16-,18-,20-/m0/s1. The Labute approximate surface area is 166 Å². The SMILES string of the molecule is CCOC(=O)[C@@H]1[C@H]2CN(C(=O)Cc3ccc(S(C)(=O)=O)cc3)C[C@@H]2C=C[C@@H]1C. The lowest BCUT2D eigenvalue weighted by Crippen LogP contribution is -2.37. The van der Waals surface area contributed by atoms with Gasteiger partial charge in [-0.25, -0.2) is 8.42 Å². The monoisotopic (exact) mass is 405 g/mol. The van der Waals surface area contributed by atoms with Crippen LogP contribution in [0.3, 0.4) is 0 Å². The Morgan fingerprint density at radius 1 is 1.14 bits per heavy atom. The molecule has 1 aliphatic carbocycles. The quantitative estimate of drug-likeness (QED) is 0.554. The van der Waals surface area contributed by atoms with Gasteiger partial charge in [-0.05, 0) is 42.4 Å². The zero-order valence-corrected chi connectivity index (χ0v) is 17.3. The number of carbonyl (C=O) groups excluding carboxylic acids is 2. The second kappa shape index (κ2) is 8.07. The van der Waals surface area contributed by atoms with Crippen molar-refractivity contribution >= 4 is 21.7 Å². The molecule has 0 spiro atoms. The van der Waals surface area contributed by atoms with E-state index < -0.39 is 9.84 Å². The van der Waals surface area contributed by atoms with Crippen LogP contribution in [0.5, 0.6) is 0 Å². The lowest BCUT2D eigenvalue weighted by Gasteiger charge is -2.31. The number of rotatable bonds is 5. The molecule has 0 bridgehead atoms. The van der Waals surface area contributed by atoms with Gasteiger partial charge in [0.15, 0.2) is 9.84 Å². The van der Waals surface area contributed by atoms with Gasteiger partial charge in [-0.1, -0.05) is 31.2 Å². The lowest BCUT2D eigenvalue weighted by molar-refractivity contribution is -0.152. The molecule has 1 saturated heterocycles. The first-order chi connectivity index (χ1) is 13.2. The number of fused-ring (bicyclic) bond motifs is 1. The van der Waals surface area contributed by atoms with Gasteiger partial charge in [0.2, 0.25) is 5.91 Å². The number of hydrogen-bond donors (Lipinski definition) is 0. The number of esters is 1. The Balaban J connectivity index is 1.68. The van der Waals surface area contributed by atoms with E-state index in [2.05, 4.69) is 12.2 Å². The summed E-state index contributed by atoms with van der Waals surface area (Å²) < 4.78 is 28.4. The van der Waals surface area contributed by atoms with Gasteiger partial charge in [0.05, 0.1) is 23.8 Å². The third kappa shape index (κ3) is 4.29. The third-order valence-corrected chi connectivity index (χ3v) is 6.85. The van der Waals surface area contributed by atoms with E-state index in [4.69, 9.17) is 4.74 Å². The second-order valence-corrected chi connectivity index (χ2v) is 9.76. The molecule has 1 aromatic carbocycles. The molecule has 1 fully saturated rings. The van der Waals surface area contributed by atoms with Gasteiger partial charge in [-0.2, -0.15) is 0 Å². The molecule has 2 aliphatic rings. The van der Waals surface area contributed by atoms with E-state index in [1.807, 2.05) is 11.8 Å². The molecule has 152 valence electrons. The summed E-state index contributed by atoms with van der Waals surface area (Å²) in [6.07, 6.45) is 5.56. The number of hydrogen-bond acceptors (Lipinski definition) is 5. The molecule has 1 heterocycles. The Morgan fingerprint density at radius 2 is 1.82 bits per heavy atom. The number of ether oxygens (including phenoxy) is 1. The van der Waals surface area contributed by atoms with Crippen molar-refractivity contribution in [3.05, 3.63) is 42.0 Å². The molecule has 1 amide bonds. The fourth-order valence-corrected chi connectivity index (χ4v) is 4.87. The zero-order chi connectivity index (χ0) is 20.5. The molecule has 0 radical (unpaired) electrons. The lowest BCUT2D eigenvalue weighted by atomic mass is 9.72. The van der Waals surface area contributed by atoms with Gasteiger partial charge in [0, 0.05) is 19.3 Å². The molecule has 28 heavy (non-hydrogen) atoms. The Hall–Kier alpha value is -2.15. The molecule has 6 nitrogen and oxygen atoms in total. The van der Waals surface area contributed by atoms with Crippen molar-refractivity contribution in [3.63, 3.8) is 0 Å². The summed E-state index contributed by atoms with van der Waals surface area (Å²) in [6.45, 7) is 5.32. The van der Waals surface area contributed by atoms with E-state index in [-0.39, 0.29) is 46.9 Å². The average Bonchev–Trinajstić information content (AvgIpc) is 3.05. The number of benzene rings is 1. The van der Waals surface area contributed by atoms with Gasteiger partial charge in [-0.3, -0.25) is 9.59 Å². The predicted molar refractivity (Wildman–Crippen MR) is 105 cm³/mol. The number of likely N-dealkylation sites (tertiary alicyclic amines) is 1. The number of carbonyl (C=O) groups is 2. The fraction of sp³-hybridized carbons (Fsp3) is 0.524. The van der Waals surface area contributed by atoms with E-state index in [9.17, 15) is 18.0 Å². The van der Waals surface area contributed by atoms with Crippen LogP contribution >= 0.6 is 0 Å². The molecular formula is C21H27NO5S. The minimum Gasteiger partial charge on any atom is -0.466 e. The van der Waals surface area contributed by atoms with Crippen LogP contribution in [-0.4, -0.2) is 51.1 Å². The van der Waals surface area contributed by atoms with Crippen LogP contribution in [0, 0.1) is 23.7 Å². The summed E-state index contributed by atoms with van der Waals surface area (Å²) in [4.78, 5) is 27.3. The first-order valence-corrected chi connectivity index (χ1v) is 11.5. The maximum absolute atomic E-state index is 12.8. The van der Waals surface area contributed by atoms with Crippen molar-refractivity contribution in [2.45, 2.75) is 25.2 Å². The highest BCUT2D eigenvalue weighted by Gasteiger charge is 2.45. The van der Waals surface area contributed by atoms with E-state index >= 15 is 0 Å². The van der Waals surface area contributed by atoms with Gasteiger partial charge in [0.1, 0.15) is 0 Å². The summed E-state index contributed by atoms with van der Waals surface area (Å²) in [6, 6.07) is 6.42. The summed E-state index contributed by atoms with van der Waals surface area (Å²) in [7, 11) is -3.25. The summed E-state index contributed by atoms with van der Waals surface area (Å²) >= 11 is 0. The highest BCUT2D eigenvalue weighted by Crippen LogP contribution is 2.40. The largest absolute Gasteiger partial charge is 0.466 e.